The highest BCUT2D eigenvalue weighted by atomic mass is 16.3. The van der Waals surface area contributed by atoms with Gasteiger partial charge in [0.15, 0.2) is 0 Å². The van der Waals surface area contributed by atoms with Crippen molar-refractivity contribution in [2.45, 2.75) is 19.8 Å². The number of aryl methyl sites for hydroxylation is 2. The molecule has 0 atom stereocenters. The first-order valence-electron chi connectivity index (χ1n) is 5.36. The van der Waals surface area contributed by atoms with Crippen molar-refractivity contribution in [1.82, 2.24) is 0 Å². The van der Waals surface area contributed by atoms with Crippen LogP contribution in [0.5, 0.6) is 5.75 Å². The molecule has 0 radical (unpaired) electrons. The molecule has 3 nitrogen and oxygen atoms in total. The minimum absolute atomic E-state index is 0.352. The van der Waals surface area contributed by atoms with Gasteiger partial charge in [-0.1, -0.05) is 17.7 Å². The molecule has 0 fully saturated rings. The lowest BCUT2D eigenvalue weighted by atomic mass is 9.98. The first kappa shape index (κ1) is 12.0. The van der Waals surface area contributed by atoms with Crippen LogP contribution in [0.4, 0.5) is 0 Å². The van der Waals surface area contributed by atoms with Crippen molar-refractivity contribution in [3.8, 4) is 5.75 Å². The molecule has 15 heavy (non-hydrogen) atoms. The molecule has 3 heteroatoms. The Morgan fingerprint density at radius 2 is 1.93 bits per heavy atom. The highest BCUT2D eigenvalue weighted by molar-refractivity contribution is 5.35. The minimum Gasteiger partial charge on any atom is -0.508 e. The highest BCUT2D eigenvalue weighted by Gasteiger charge is 2.07. The molecule has 0 aliphatic rings. The van der Waals surface area contributed by atoms with Crippen LogP contribution in [0.15, 0.2) is 18.2 Å². The number of hydrogen-bond acceptors (Lipinski definition) is 3. The van der Waals surface area contributed by atoms with E-state index in [-0.39, 0.29) is 0 Å². The van der Waals surface area contributed by atoms with E-state index in [0.717, 1.165) is 18.4 Å². The van der Waals surface area contributed by atoms with Crippen LogP contribution < -0.4 is 11.5 Å². The van der Waals surface area contributed by atoms with Gasteiger partial charge in [0.05, 0.1) is 0 Å². The molecule has 84 valence electrons. The molecule has 0 aromatic heterocycles. The van der Waals surface area contributed by atoms with E-state index in [1.54, 1.807) is 6.07 Å². The van der Waals surface area contributed by atoms with Crippen LogP contribution in [-0.2, 0) is 6.42 Å². The van der Waals surface area contributed by atoms with Gasteiger partial charge in [-0.15, -0.1) is 0 Å². The molecule has 0 amide bonds. The third-order valence-corrected chi connectivity index (χ3v) is 2.72. The lowest BCUT2D eigenvalue weighted by Gasteiger charge is -2.12. The minimum atomic E-state index is 0.352. The molecule has 1 aromatic carbocycles. The highest BCUT2D eigenvalue weighted by Crippen LogP contribution is 2.20. The van der Waals surface area contributed by atoms with Crippen LogP contribution in [0.3, 0.4) is 0 Å². The summed E-state index contributed by atoms with van der Waals surface area (Å²) in [6.07, 6.45) is 1.77. The molecular weight excluding hydrogens is 188 g/mol. The summed E-state index contributed by atoms with van der Waals surface area (Å²) in [5.41, 5.74) is 13.3. The van der Waals surface area contributed by atoms with Gasteiger partial charge in [-0.25, -0.2) is 0 Å². The van der Waals surface area contributed by atoms with E-state index < -0.39 is 0 Å². The van der Waals surface area contributed by atoms with Gasteiger partial charge < -0.3 is 16.6 Å². The summed E-state index contributed by atoms with van der Waals surface area (Å²) >= 11 is 0. The number of rotatable bonds is 5. The molecule has 0 saturated heterocycles. The van der Waals surface area contributed by atoms with Gasteiger partial charge in [-0.3, -0.25) is 0 Å². The van der Waals surface area contributed by atoms with Crippen LogP contribution in [0.2, 0.25) is 0 Å². The van der Waals surface area contributed by atoms with Crippen molar-refractivity contribution in [3.63, 3.8) is 0 Å². The summed E-state index contributed by atoms with van der Waals surface area (Å²) < 4.78 is 0. The van der Waals surface area contributed by atoms with Crippen molar-refractivity contribution in [3.05, 3.63) is 29.3 Å². The Bertz CT molecular complexity index is 308. The van der Waals surface area contributed by atoms with Crippen LogP contribution in [-0.4, -0.2) is 18.2 Å². The fourth-order valence-electron chi connectivity index (χ4n) is 1.61. The molecule has 1 aromatic rings. The van der Waals surface area contributed by atoms with E-state index in [9.17, 15) is 5.11 Å². The maximum absolute atomic E-state index is 9.63. The Kier molecular flexibility index (Phi) is 4.59. The van der Waals surface area contributed by atoms with E-state index in [0.29, 0.717) is 24.8 Å². The quantitative estimate of drug-likeness (QED) is 0.680. The largest absolute Gasteiger partial charge is 0.508 e. The fraction of sp³-hybridized carbons (Fsp3) is 0.500. The Hall–Kier alpha value is -1.06. The molecule has 5 N–H and O–H groups in total. The first-order chi connectivity index (χ1) is 7.17. The van der Waals surface area contributed by atoms with Gasteiger partial charge in [-0.05, 0) is 50.4 Å². The third kappa shape index (κ3) is 3.53. The van der Waals surface area contributed by atoms with Gasteiger partial charge in [0.1, 0.15) is 5.75 Å². The maximum atomic E-state index is 9.63. The molecular formula is C12H20N2O. The lowest BCUT2D eigenvalue weighted by molar-refractivity contribution is 0.457. The molecule has 0 aliphatic carbocycles. The molecule has 0 saturated carbocycles. The molecule has 0 heterocycles. The van der Waals surface area contributed by atoms with Crippen LogP contribution >= 0.6 is 0 Å². The predicted octanol–water partition coefficient (Wildman–Crippen LogP) is 1.17. The second-order valence-corrected chi connectivity index (χ2v) is 4.01. The molecule has 1 rings (SSSR count). The van der Waals surface area contributed by atoms with Crippen molar-refractivity contribution < 1.29 is 5.11 Å². The smallest absolute Gasteiger partial charge is 0.118 e. The van der Waals surface area contributed by atoms with E-state index >= 15 is 0 Å². The summed E-state index contributed by atoms with van der Waals surface area (Å²) in [5, 5.41) is 9.63. The molecule has 0 bridgehead atoms. The zero-order valence-electron chi connectivity index (χ0n) is 9.24. The average Bonchev–Trinajstić information content (AvgIpc) is 2.24. The van der Waals surface area contributed by atoms with Crippen molar-refractivity contribution in [2.75, 3.05) is 13.1 Å². The SMILES string of the molecule is Cc1ccc(O)c(CCC(CN)CN)c1. The zero-order chi connectivity index (χ0) is 11.3. The summed E-state index contributed by atoms with van der Waals surface area (Å²) in [5.74, 6) is 0.721. The van der Waals surface area contributed by atoms with Gasteiger partial charge in [-0.2, -0.15) is 0 Å². The molecule has 0 aliphatic heterocycles. The summed E-state index contributed by atoms with van der Waals surface area (Å²) in [4.78, 5) is 0. The standard InChI is InChI=1S/C12H20N2O/c1-9-2-5-12(15)11(6-9)4-3-10(7-13)8-14/h2,5-6,10,15H,3-4,7-8,13-14H2,1H3. The number of nitrogens with two attached hydrogens (primary N) is 2. The maximum Gasteiger partial charge on any atom is 0.118 e. The number of benzene rings is 1. The van der Waals surface area contributed by atoms with Crippen molar-refractivity contribution >= 4 is 0 Å². The normalized spacial score (nSPS) is 10.9. The van der Waals surface area contributed by atoms with E-state index in [1.807, 2.05) is 19.1 Å². The number of phenolic OH excluding ortho intramolecular Hbond substituents is 1. The Morgan fingerprint density at radius 3 is 2.53 bits per heavy atom. The third-order valence-electron chi connectivity index (χ3n) is 2.72. The lowest BCUT2D eigenvalue weighted by Crippen LogP contribution is -2.23. The average molecular weight is 208 g/mol. The Morgan fingerprint density at radius 1 is 1.27 bits per heavy atom. The predicted molar refractivity (Wildman–Crippen MR) is 62.8 cm³/mol. The number of phenols is 1. The molecule has 0 spiro atoms. The summed E-state index contributed by atoms with van der Waals surface area (Å²) in [6.45, 7) is 3.25. The zero-order valence-corrected chi connectivity index (χ0v) is 9.24. The molecule has 0 unspecified atom stereocenters. The topological polar surface area (TPSA) is 72.3 Å². The van der Waals surface area contributed by atoms with Gasteiger partial charge in [0.25, 0.3) is 0 Å². The fourth-order valence-corrected chi connectivity index (χ4v) is 1.61. The summed E-state index contributed by atoms with van der Waals surface area (Å²) in [7, 11) is 0. The Balaban J connectivity index is 2.60. The monoisotopic (exact) mass is 208 g/mol. The van der Waals surface area contributed by atoms with Crippen molar-refractivity contribution in [1.29, 1.82) is 0 Å². The Labute approximate surface area is 91.1 Å². The van der Waals surface area contributed by atoms with Crippen LogP contribution in [0, 0.1) is 12.8 Å². The van der Waals surface area contributed by atoms with Crippen LogP contribution in [0.25, 0.3) is 0 Å². The second-order valence-electron chi connectivity index (χ2n) is 4.01. The van der Waals surface area contributed by atoms with Gasteiger partial charge in [0, 0.05) is 0 Å². The van der Waals surface area contributed by atoms with Gasteiger partial charge >= 0.3 is 0 Å². The van der Waals surface area contributed by atoms with Crippen LogP contribution in [0.1, 0.15) is 17.5 Å². The number of hydrogen-bond donors (Lipinski definition) is 3. The van der Waals surface area contributed by atoms with Gasteiger partial charge in [0.2, 0.25) is 0 Å². The summed E-state index contributed by atoms with van der Waals surface area (Å²) in [6, 6.07) is 5.66. The first-order valence-corrected chi connectivity index (χ1v) is 5.36. The van der Waals surface area contributed by atoms with E-state index in [1.165, 1.54) is 5.56 Å². The second kappa shape index (κ2) is 5.73. The van der Waals surface area contributed by atoms with Crippen molar-refractivity contribution in [2.24, 2.45) is 17.4 Å². The number of aromatic hydroxyl groups is 1. The van der Waals surface area contributed by atoms with E-state index in [4.69, 9.17) is 11.5 Å². The van der Waals surface area contributed by atoms with E-state index in [2.05, 4.69) is 0 Å².